The Bertz CT molecular complexity index is 503. The van der Waals surface area contributed by atoms with Crippen LogP contribution in [0.3, 0.4) is 0 Å². The molecule has 0 aliphatic heterocycles. The van der Waals surface area contributed by atoms with E-state index >= 15 is 0 Å². The molecular weight excluding hydrogens is 274 g/mol. The molecule has 20 heavy (non-hydrogen) atoms. The Hall–Kier alpha value is -1.22. The summed E-state index contributed by atoms with van der Waals surface area (Å²) in [6.07, 6.45) is 4.13. The third-order valence-corrected chi connectivity index (χ3v) is 5.00. The SMILES string of the molecule is CCCC(Cl)(C(N)=O)C1CCc2ccc(OC)cc2C1. The second kappa shape index (κ2) is 6.04. The number of rotatable bonds is 5. The molecule has 0 fully saturated rings. The van der Waals surface area contributed by atoms with E-state index in [0.717, 1.165) is 31.4 Å². The predicted octanol–water partition coefficient (Wildman–Crippen LogP) is 3.06. The van der Waals surface area contributed by atoms with Gasteiger partial charge in [-0.25, -0.2) is 0 Å². The molecule has 3 nitrogen and oxygen atoms in total. The Morgan fingerprint density at radius 3 is 2.85 bits per heavy atom. The first-order valence-electron chi connectivity index (χ1n) is 7.16. The summed E-state index contributed by atoms with van der Waals surface area (Å²) in [5.74, 6) is 0.553. The van der Waals surface area contributed by atoms with Crippen LogP contribution in [0.4, 0.5) is 0 Å². The fourth-order valence-electron chi connectivity index (χ4n) is 3.14. The number of methoxy groups -OCH3 is 1. The molecule has 1 aromatic rings. The Balaban J connectivity index is 2.26. The van der Waals surface area contributed by atoms with E-state index in [2.05, 4.69) is 6.07 Å². The van der Waals surface area contributed by atoms with Crippen molar-refractivity contribution in [2.24, 2.45) is 11.7 Å². The maximum atomic E-state index is 11.8. The van der Waals surface area contributed by atoms with Gasteiger partial charge in [-0.15, -0.1) is 11.6 Å². The van der Waals surface area contributed by atoms with Gasteiger partial charge in [0.1, 0.15) is 10.6 Å². The number of aryl methyl sites for hydroxylation is 1. The van der Waals surface area contributed by atoms with Crippen LogP contribution in [-0.2, 0) is 17.6 Å². The molecule has 1 aliphatic rings. The monoisotopic (exact) mass is 295 g/mol. The van der Waals surface area contributed by atoms with E-state index in [1.54, 1.807) is 7.11 Å². The molecule has 4 heteroatoms. The molecule has 2 N–H and O–H groups in total. The van der Waals surface area contributed by atoms with Crippen LogP contribution >= 0.6 is 11.6 Å². The van der Waals surface area contributed by atoms with Gasteiger partial charge < -0.3 is 10.5 Å². The number of carbonyl (C=O) groups excluding carboxylic acids is 1. The zero-order valence-corrected chi connectivity index (χ0v) is 12.9. The molecule has 0 saturated carbocycles. The summed E-state index contributed by atoms with van der Waals surface area (Å²) in [4.78, 5) is 10.9. The first-order valence-corrected chi connectivity index (χ1v) is 7.53. The highest BCUT2D eigenvalue weighted by Gasteiger charge is 2.42. The molecule has 0 bridgehead atoms. The highest BCUT2D eigenvalue weighted by molar-refractivity contribution is 6.34. The third-order valence-electron chi connectivity index (χ3n) is 4.31. The minimum Gasteiger partial charge on any atom is -0.497 e. The zero-order valence-electron chi connectivity index (χ0n) is 12.1. The molecule has 1 aromatic carbocycles. The molecule has 0 radical (unpaired) electrons. The fraction of sp³-hybridized carbons (Fsp3) is 0.562. The first kappa shape index (κ1) is 15.2. The molecule has 0 aromatic heterocycles. The Labute approximate surface area is 125 Å². The Morgan fingerprint density at radius 2 is 2.25 bits per heavy atom. The minimum atomic E-state index is -0.921. The summed E-state index contributed by atoms with van der Waals surface area (Å²) in [6.45, 7) is 2.03. The summed E-state index contributed by atoms with van der Waals surface area (Å²) in [6, 6.07) is 6.13. The maximum Gasteiger partial charge on any atom is 0.238 e. The van der Waals surface area contributed by atoms with Crippen molar-refractivity contribution in [2.45, 2.75) is 43.9 Å². The van der Waals surface area contributed by atoms with Crippen LogP contribution in [0.2, 0.25) is 0 Å². The van der Waals surface area contributed by atoms with Crippen LogP contribution < -0.4 is 10.5 Å². The van der Waals surface area contributed by atoms with Crippen molar-refractivity contribution in [3.05, 3.63) is 29.3 Å². The van der Waals surface area contributed by atoms with Crippen molar-refractivity contribution in [3.63, 3.8) is 0 Å². The van der Waals surface area contributed by atoms with Crippen molar-refractivity contribution in [2.75, 3.05) is 7.11 Å². The van der Waals surface area contributed by atoms with Crippen LogP contribution in [0.25, 0.3) is 0 Å². The molecule has 1 amide bonds. The van der Waals surface area contributed by atoms with E-state index in [1.165, 1.54) is 11.1 Å². The number of hydrogen-bond donors (Lipinski definition) is 1. The van der Waals surface area contributed by atoms with Gasteiger partial charge in [-0.1, -0.05) is 19.4 Å². The van der Waals surface area contributed by atoms with Gasteiger partial charge in [0, 0.05) is 0 Å². The lowest BCUT2D eigenvalue weighted by Crippen LogP contribution is -2.47. The third kappa shape index (κ3) is 2.78. The van der Waals surface area contributed by atoms with Gasteiger partial charge in [-0.2, -0.15) is 0 Å². The van der Waals surface area contributed by atoms with Gasteiger partial charge in [0.15, 0.2) is 0 Å². The van der Waals surface area contributed by atoms with Crippen LogP contribution in [0, 0.1) is 5.92 Å². The summed E-state index contributed by atoms with van der Waals surface area (Å²) in [7, 11) is 1.66. The minimum absolute atomic E-state index is 0.0984. The number of fused-ring (bicyclic) bond motifs is 1. The molecule has 2 rings (SSSR count). The van der Waals surface area contributed by atoms with E-state index in [1.807, 2.05) is 19.1 Å². The quantitative estimate of drug-likeness (QED) is 0.849. The molecule has 2 unspecified atom stereocenters. The standard InChI is InChI=1S/C16H22ClNO2/c1-3-8-16(17,15(18)19)13-6-4-11-5-7-14(20-2)10-12(11)9-13/h5,7,10,13H,3-4,6,8-9H2,1-2H3,(H2,18,19). The molecular formula is C16H22ClNO2. The number of ether oxygens (including phenoxy) is 1. The number of halogens is 1. The summed E-state index contributed by atoms with van der Waals surface area (Å²) < 4.78 is 5.27. The number of alkyl halides is 1. The van der Waals surface area contributed by atoms with Gasteiger partial charge in [-0.05, 0) is 54.9 Å². The Kier molecular flexibility index (Phi) is 4.59. The van der Waals surface area contributed by atoms with E-state index in [9.17, 15) is 4.79 Å². The number of carbonyl (C=O) groups is 1. The van der Waals surface area contributed by atoms with Gasteiger partial charge >= 0.3 is 0 Å². The smallest absolute Gasteiger partial charge is 0.238 e. The van der Waals surface area contributed by atoms with E-state index in [0.29, 0.717) is 6.42 Å². The van der Waals surface area contributed by atoms with Crippen LogP contribution in [-0.4, -0.2) is 17.9 Å². The van der Waals surface area contributed by atoms with Gasteiger partial charge in [-0.3, -0.25) is 4.79 Å². The van der Waals surface area contributed by atoms with E-state index < -0.39 is 10.8 Å². The second-order valence-electron chi connectivity index (χ2n) is 5.55. The normalized spacial score (nSPS) is 20.9. The average molecular weight is 296 g/mol. The van der Waals surface area contributed by atoms with Crippen molar-refractivity contribution < 1.29 is 9.53 Å². The highest BCUT2D eigenvalue weighted by atomic mass is 35.5. The molecule has 1 aliphatic carbocycles. The predicted molar refractivity (Wildman–Crippen MR) is 81.2 cm³/mol. The molecule has 110 valence electrons. The summed E-state index contributed by atoms with van der Waals surface area (Å²) in [5.41, 5.74) is 8.11. The number of primary amides is 1. The number of benzene rings is 1. The molecule has 0 heterocycles. The lowest BCUT2D eigenvalue weighted by atomic mass is 9.74. The number of amides is 1. The van der Waals surface area contributed by atoms with Crippen molar-refractivity contribution in [1.29, 1.82) is 0 Å². The number of hydrogen-bond acceptors (Lipinski definition) is 2. The summed E-state index contributed by atoms with van der Waals surface area (Å²) in [5, 5.41) is 0. The zero-order chi connectivity index (χ0) is 14.8. The average Bonchev–Trinajstić information content (AvgIpc) is 2.46. The first-order chi connectivity index (χ1) is 9.51. The van der Waals surface area contributed by atoms with Gasteiger partial charge in [0.05, 0.1) is 7.11 Å². The molecule has 0 saturated heterocycles. The lowest BCUT2D eigenvalue weighted by Gasteiger charge is -2.36. The van der Waals surface area contributed by atoms with Gasteiger partial charge in [0.2, 0.25) is 5.91 Å². The van der Waals surface area contributed by atoms with E-state index in [4.69, 9.17) is 22.1 Å². The highest BCUT2D eigenvalue weighted by Crippen LogP contribution is 2.40. The summed E-state index contributed by atoms with van der Waals surface area (Å²) >= 11 is 6.59. The van der Waals surface area contributed by atoms with Crippen molar-refractivity contribution in [3.8, 4) is 5.75 Å². The van der Waals surface area contributed by atoms with Crippen LogP contribution in [0.5, 0.6) is 5.75 Å². The van der Waals surface area contributed by atoms with Crippen molar-refractivity contribution in [1.82, 2.24) is 0 Å². The molecule has 0 spiro atoms. The van der Waals surface area contributed by atoms with Gasteiger partial charge in [0.25, 0.3) is 0 Å². The van der Waals surface area contributed by atoms with Crippen molar-refractivity contribution >= 4 is 17.5 Å². The fourth-order valence-corrected chi connectivity index (χ4v) is 3.52. The number of nitrogens with two attached hydrogens (primary N) is 1. The van der Waals surface area contributed by atoms with Crippen LogP contribution in [0.15, 0.2) is 18.2 Å². The van der Waals surface area contributed by atoms with Crippen LogP contribution in [0.1, 0.15) is 37.3 Å². The largest absolute Gasteiger partial charge is 0.497 e. The molecule has 2 atom stereocenters. The Morgan fingerprint density at radius 1 is 1.50 bits per heavy atom. The maximum absolute atomic E-state index is 11.8. The topological polar surface area (TPSA) is 52.3 Å². The second-order valence-corrected chi connectivity index (χ2v) is 6.23. The lowest BCUT2D eigenvalue weighted by molar-refractivity contribution is -0.122. The van der Waals surface area contributed by atoms with E-state index in [-0.39, 0.29) is 5.92 Å².